The SMILES string of the molecule is C#Cc1c(C)cc(C)cc1CC1CCCCC1. The highest BCUT2D eigenvalue weighted by Crippen LogP contribution is 2.29. The third-order valence-electron chi connectivity index (χ3n) is 3.94. The molecule has 0 saturated heterocycles. The van der Waals surface area contributed by atoms with Crippen LogP contribution in [0.2, 0.25) is 0 Å². The second-order valence-corrected chi connectivity index (χ2v) is 5.47. The minimum absolute atomic E-state index is 0.858. The number of rotatable bonds is 2. The lowest BCUT2D eigenvalue weighted by atomic mass is 9.83. The van der Waals surface area contributed by atoms with E-state index in [2.05, 4.69) is 31.9 Å². The molecule has 17 heavy (non-hydrogen) atoms. The molecule has 90 valence electrons. The van der Waals surface area contributed by atoms with Crippen LogP contribution in [0.5, 0.6) is 0 Å². The van der Waals surface area contributed by atoms with Crippen molar-refractivity contribution < 1.29 is 0 Å². The molecule has 1 aliphatic rings. The van der Waals surface area contributed by atoms with E-state index >= 15 is 0 Å². The zero-order valence-electron chi connectivity index (χ0n) is 11.1. The molecule has 0 heteroatoms. The number of aryl methyl sites for hydroxylation is 2. The maximum Gasteiger partial charge on any atom is 0.0304 e. The number of terminal acetylenes is 1. The zero-order chi connectivity index (χ0) is 12.3. The summed E-state index contributed by atoms with van der Waals surface area (Å²) in [7, 11) is 0. The smallest absolute Gasteiger partial charge is 0.0304 e. The maximum absolute atomic E-state index is 5.66. The molecule has 0 N–H and O–H groups in total. The van der Waals surface area contributed by atoms with E-state index in [1.165, 1.54) is 55.2 Å². The van der Waals surface area contributed by atoms with E-state index in [9.17, 15) is 0 Å². The third-order valence-corrected chi connectivity index (χ3v) is 3.94. The summed E-state index contributed by atoms with van der Waals surface area (Å²) in [5.41, 5.74) is 5.14. The molecule has 0 atom stereocenters. The van der Waals surface area contributed by atoms with Gasteiger partial charge in [0.1, 0.15) is 0 Å². The lowest BCUT2D eigenvalue weighted by molar-refractivity contribution is 0.356. The summed E-state index contributed by atoms with van der Waals surface area (Å²) in [4.78, 5) is 0. The van der Waals surface area contributed by atoms with Gasteiger partial charge in [-0.25, -0.2) is 0 Å². The fourth-order valence-corrected chi connectivity index (χ4v) is 3.13. The average Bonchev–Trinajstić information content (AvgIpc) is 2.30. The molecule has 1 aromatic carbocycles. The lowest BCUT2D eigenvalue weighted by Crippen LogP contribution is -2.10. The minimum Gasteiger partial charge on any atom is -0.115 e. The van der Waals surface area contributed by atoms with Gasteiger partial charge in [-0.1, -0.05) is 55.7 Å². The van der Waals surface area contributed by atoms with Gasteiger partial charge < -0.3 is 0 Å². The Morgan fingerprint density at radius 3 is 2.53 bits per heavy atom. The summed E-state index contributed by atoms with van der Waals surface area (Å²) >= 11 is 0. The van der Waals surface area contributed by atoms with Crippen LogP contribution in [-0.4, -0.2) is 0 Å². The van der Waals surface area contributed by atoms with Gasteiger partial charge in [0.15, 0.2) is 0 Å². The van der Waals surface area contributed by atoms with Crippen LogP contribution in [0.1, 0.15) is 54.4 Å². The second-order valence-electron chi connectivity index (χ2n) is 5.47. The van der Waals surface area contributed by atoms with Crippen LogP contribution in [0.25, 0.3) is 0 Å². The van der Waals surface area contributed by atoms with Crippen molar-refractivity contribution in [3.63, 3.8) is 0 Å². The fourth-order valence-electron chi connectivity index (χ4n) is 3.13. The molecule has 1 aliphatic carbocycles. The van der Waals surface area contributed by atoms with Crippen LogP contribution in [0, 0.1) is 32.1 Å². The van der Waals surface area contributed by atoms with E-state index < -0.39 is 0 Å². The number of hydrogen-bond donors (Lipinski definition) is 0. The minimum atomic E-state index is 0.858. The molecule has 1 saturated carbocycles. The van der Waals surface area contributed by atoms with Gasteiger partial charge in [-0.05, 0) is 37.3 Å². The van der Waals surface area contributed by atoms with E-state index in [1.807, 2.05) is 0 Å². The first-order chi connectivity index (χ1) is 8.20. The van der Waals surface area contributed by atoms with Crippen LogP contribution in [0.3, 0.4) is 0 Å². The van der Waals surface area contributed by atoms with E-state index in [-0.39, 0.29) is 0 Å². The monoisotopic (exact) mass is 226 g/mol. The Kier molecular flexibility index (Phi) is 3.89. The van der Waals surface area contributed by atoms with Crippen molar-refractivity contribution in [2.24, 2.45) is 5.92 Å². The summed E-state index contributed by atoms with van der Waals surface area (Å²) < 4.78 is 0. The Hall–Kier alpha value is -1.22. The van der Waals surface area contributed by atoms with Gasteiger partial charge in [0, 0.05) is 5.56 Å². The Labute approximate surface area is 105 Å². The quantitative estimate of drug-likeness (QED) is 0.655. The summed E-state index contributed by atoms with van der Waals surface area (Å²) in [6.45, 7) is 4.30. The van der Waals surface area contributed by atoms with Crippen molar-refractivity contribution in [1.82, 2.24) is 0 Å². The molecule has 1 fully saturated rings. The molecule has 0 spiro atoms. The Balaban J connectivity index is 2.22. The molecule has 0 aliphatic heterocycles. The van der Waals surface area contributed by atoms with Gasteiger partial charge in [-0.3, -0.25) is 0 Å². The Morgan fingerprint density at radius 1 is 1.18 bits per heavy atom. The molecular formula is C17H22. The number of benzene rings is 1. The van der Waals surface area contributed by atoms with Gasteiger partial charge in [0.25, 0.3) is 0 Å². The van der Waals surface area contributed by atoms with Crippen molar-refractivity contribution in [2.75, 3.05) is 0 Å². The highest BCUT2D eigenvalue weighted by Gasteiger charge is 2.16. The summed E-state index contributed by atoms with van der Waals surface area (Å²) in [6.07, 6.45) is 13.8. The molecular weight excluding hydrogens is 204 g/mol. The average molecular weight is 226 g/mol. The molecule has 0 heterocycles. The zero-order valence-corrected chi connectivity index (χ0v) is 11.1. The standard InChI is InChI=1S/C17H22/c1-4-17-14(3)10-13(2)11-16(17)12-15-8-6-5-7-9-15/h1,10-11,15H,5-9,12H2,2-3H3. The van der Waals surface area contributed by atoms with Crippen molar-refractivity contribution >= 4 is 0 Å². The first kappa shape index (κ1) is 12.2. The van der Waals surface area contributed by atoms with Gasteiger partial charge in [-0.15, -0.1) is 6.42 Å². The van der Waals surface area contributed by atoms with Crippen molar-refractivity contribution in [3.8, 4) is 12.3 Å². The number of hydrogen-bond acceptors (Lipinski definition) is 0. The summed E-state index contributed by atoms with van der Waals surface area (Å²) in [6, 6.07) is 4.48. The summed E-state index contributed by atoms with van der Waals surface area (Å²) in [5.74, 6) is 3.74. The molecule has 0 bridgehead atoms. The van der Waals surface area contributed by atoms with Gasteiger partial charge in [0.2, 0.25) is 0 Å². The predicted molar refractivity (Wildman–Crippen MR) is 74.1 cm³/mol. The largest absolute Gasteiger partial charge is 0.115 e. The van der Waals surface area contributed by atoms with Crippen molar-refractivity contribution in [2.45, 2.75) is 52.4 Å². The maximum atomic E-state index is 5.66. The lowest BCUT2D eigenvalue weighted by Gasteiger charge is -2.22. The highest BCUT2D eigenvalue weighted by atomic mass is 14.2. The van der Waals surface area contributed by atoms with Crippen molar-refractivity contribution in [3.05, 3.63) is 34.4 Å². The fraction of sp³-hybridized carbons (Fsp3) is 0.529. The van der Waals surface area contributed by atoms with Gasteiger partial charge in [0.05, 0.1) is 0 Å². The first-order valence-electron chi connectivity index (χ1n) is 6.77. The molecule has 0 amide bonds. The molecule has 1 aromatic rings. The molecule has 0 nitrogen and oxygen atoms in total. The Bertz CT molecular complexity index is 428. The Morgan fingerprint density at radius 2 is 1.88 bits per heavy atom. The highest BCUT2D eigenvalue weighted by molar-refractivity contribution is 5.48. The van der Waals surface area contributed by atoms with Crippen LogP contribution in [0.15, 0.2) is 12.1 Å². The van der Waals surface area contributed by atoms with E-state index in [0.717, 1.165) is 11.5 Å². The second kappa shape index (κ2) is 5.41. The molecule has 0 aromatic heterocycles. The van der Waals surface area contributed by atoms with Crippen LogP contribution < -0.4 is 0 Å². The molecule has 2 rings (SSSR count). The van der Waals surface area contributed by atoms with Gasteiger partial charge in [-0.2, -0.15) is 0 Å². The van der Waals surface area contributed by atoms with Crippen LogP contribution in [-0.2, 0) is 6.42 Å². The van der Waals surface area contributed by atoms with E-state index in [1.54, 1.807) is 0 Å². The summed E-state index contributed by atoms with van der Waals surface area (Å²) in [5, 5.41) is 0. The van der Waals surface area contributed by atoms with Crippen molar-refractivity contribution in [1.29, 1.82) is 0 Å². The first-order valence-corrected chi connectivity index (χ1v) is 6.77. The molecule has 0 unspecified atom stereocenters. The van der Waals surface area contributed by atoms with Gasteiger partial charge >= 0.3 is 0 Å². The predicted octanol–water partition coefficient (Wildman–Crippen LogP) is 4.41. The topological polar surface area (TPSA) is 0 Å². The molecule has 0 radical (unpaired) electrons. The van der Waals surface area contributed by atoms with E-state index in [4.69, 9.17) is 6.42 Å². The van der Waals surface area contributed by atoms with Crippen LogP contribution >= 0.6 is 0 Å². The van der Waals surface area contributed by atoms with E-state index in [0.29, 0.717) is 0 Å². The third kappa shape index (κ3) is 2.91. The van der Waals surface area contributed by atoms with Crippen LogP contribution in [0.4, 0.5) is 0 Å². The normalized spacial score (nSPS) is 16.8.